The first-order valence-corrected chi connectivity index (χ1v) is 11.4. The van der Waals surface area contributed by atoms with Gasteiger partial charge in [0.15, 0.2) is 0 Å². The number of morpholine rings is 1. The maximum Gasteiger partial charge on any atom is 0.417 e. The Bertz CT molecular complexity index is 1430. The number of alkyl halides is 3. The number of ether oxygens (including phenoxy) is 1. The van der Waals surface area contributed by atoms with Crippen molar-refractivity contribution in [1.82, 2.24) is 25.0 Å². The predicted molar refractivity (Wildman–Crippen MR) is 130 cm³/mol. The molecular formula is C25H22F3N7O2. The van der Waals surface area contributed by atoms with E-state index in [2.05, 4.69) is 30.5 Å². The normalized spacial score (nSPS) is 14.0. The van der Waals surface area contributed by atoms with Gasteiger partial charge in [-0.05, 0) is 36.8 Å². The number of hydrogen-bond donors (Lipinski definition) is 1. The number of anilines is 2. The molecule has 9 nitrogen and oxygen atoms in total. The van der Waals surface area contributed by atoms with Crippen molar-refractivity contribution in [3.05, 3.63) is 78.0 Å². The highest BCUT2D eigenvalue weighted by atomic mass is 19.4. The minimum absolute atomic E-state index is 0.201. The topological polar surface area (TPSA) is 98.1 Å². The number of hydrogen-bond acceptors (Lipinski definition) is 7. The van der Waals surface area contributed by atoms with Gasteiger partial charge in [0.25, 0.3) is 5.91 Å². The van der Waals surface area contributed by atoms with E-state index in [-0.39, 0.29) is 5.56 Å². The third-order valence-corrected chi connectivity index (χ3v) is 5.93. The number of carbonyl (C=O) groups is 1. The third kappa shape index (κ3) is 5.43. The largest absolute Gasteiger partial charge is 0.417 e. The molecule has 1 fully saturated rings. The molecule has 0 spiro atoms. The van der Waals surface area contributed by atoms with Gasteiger partial charge in [0, 0.05) is 42.9 Å². The van der Waals surface area contributed by atoms with Gasteiger partial charge in [0.05, 0.1) is 48.1 Å². The standard InChI is InChI=1S/C25H22F3N7O2/c1-16-2-3-20(31-24(36)18-8-19(13-29-12-18)25(26,27)28)10-23(16)35-15-22(32-33-35)17-9-21(14-30-11-17)34-4-6-37-7-5-34/h2-3,8-15H,4-7H2,1H3,(H,31,36). The van der Waals surface area contributed by atoms with Gasteiger partial charge in [-0.1, -0.05) is 11.3 Å². The van der Waals surface area contributed by atoms with E-state index in [1.807, 2.05) is 13.0 Å². The molecule has 3 aromatic heterocycles. The molecule has 12 heteroatoms. The number of nitrogens with zero attached hydrogens (tertiary/aromatic N) is 6. The van der Waals surface area contributed by atoms with Crippen molar-refractivity contribution in [3.63, 3.8) is 0 Å². The van der Waals surface area contributed by atoms with E-state index in [1.165, 1.54) is 0 Å². The van der Waals surface area contributed by atoms with Crippen LogP contribution < -0.4 is 10.2 Å². The predicted octanol–water partition coefficient (Wildman–Crippen LogP) is 4.14. The maximum absolute atomic E-state index is 13.0. The van der Waals surface area contributed by atoms with Gasteiger partial charge in [0.2, 0.25) is 0 Å². The van der Waals surface area contributed by atoms with Crippen LogP contribution >= 0.6 is 0 Å². The molecule has 190 valence electrons. The van der Waals surface area contributed by atoms with Crippen LogP contribution in [0.2, 0.25) is 0 Å². The molecule has 0 saturated carbocycles. The number of rotatable bonds is 5. The number of aryl methyl sites for hydroxylation is 1. The lowest BCUT2D eigenvalue weighted by atomic mass is 10.1. The van der Waals surface area contributed by atoms with Gasteiger partial charge in [-0.3, -0.25) is 14.8 Å². The smallest absolute Gasteiger partial charge is 0.378 e. The van der Waals surface area contributed by atoms with Crippen LogP contribution in [-0.2, 0) is 10.9 Å². The summed E-state index contributed by atoms with van der Waals surface area (Å²) in [7, 11) is 0. The zero-order chi connectivity index (χ0) is 26.0. The fourth-order valence-electron chi connectivity index (χ4n) is 3.93. The number of benzene rings is 1. The first kappa shape index (κ1) is 24.4. The van der Waals surface area contributed by atoms with Crippen molar-refractivity contribution < 1.29 is 22.7 Å². The summed E-state index contributed by atoms with van der Waals surface area (Å²) >= 11 is 0. The lowest BCUT2D eigenvalue weighted by molar-refractivity contribution is -0.137. The quantitative estimate of drug-likeness (QED) is 0.432. The summed E-state index contributed by atoms with van der Waals surface area (Å²) in [5.74, 6) is -0.710. The van der Waals surface area contributed by atoms with E-state index in [4.69, 9.17) is 4.74 Å². The second-order valence-electron chi connectivity index (χ2n) is 8.50. The van der Waals surface area contributed by atoms with Gasteiger partial charge in [-0.2, -0.15) is 13.2 Å². The first-order valence-electron chi connectivity index (χ1n) is 11.4. The molecule has 0 atom stereocenters. The van der Waals surface area contributed by atoms with Crippen LogP contribution in [0.4, 0.5) is 24.5 Å². The van der Waals surface area contributed by atoms with Gasteiger partial charge in [0.1, 0.15) is 5.69 Å². The Morgan fingerprint density at radius 3 is 2.59 bits per heavy atom. The Hall–Kier alpha value is -4.32. The van der Waals surface area contributed by atoms with Crippen LogP contribution in [0.1, 0.15) is 21.5 Å². The Labute approximate surface area is 209 Å². The maximum atomic E-state index is 13.0. The van der Waals surface area contributed by atoms with Crippen molar-refractivity contribution in [2.45, 2.75) is 13.1 Å². The number of nitrogens with one attached hydrogen (secondary N) is 1. The van der Waals surface area contributed by atoms with E-state index < -0.39 is 17.6 Å². The van der Waals surface area contributed by atoms with E-state index in [0.717, 1.165) is 42.2 Å². The number of halogens is 3. The summed E-state index contributed by atoms with van der Waals surface area (Å²) in [6.45, 7) is 4.77. The number of amides is 1. The molecule has 1 aliphatic heterocycles. The molecule has 1 saturated heterocycles. The molecule has 1 aliphatic rings. The van der Waals surface area contributed by atoms with Crippen molar-refractivity contribution in [1.29, 1.82) is 0 Å². The zero-order valence-corrected chi connectivity index (χ0v) is 19.7. The Morgan fingerprint density at radius 1 is 1.03 bits per heavy atom. The number of pyridine rings is 2. The highest BCUT2D eigenvalue weighted by molar-refractivity contribution is 6.04. The lowest BCUT2D eigenvalue weighted by Gasteiger charge is -2.28. The Kier molecular flexibility index (Phi) is 6.57. The minimum Gasteiger partial charge on any atom is -0.378 e. The molecule has 0 unspecified atom stereocenters. The van der Waals surface area contributed by atoms with Crippen molar-refractivity contribution in [2.24, 2.45) is 0 Å². The van der Waals surface area contributed by atoms with Crippen molar-refractivity contribution >= 4 is 17.3 Å². The van der Waals surface area contributed by atoms with Crippen LogP contribution in [0.3, 0.4) is 0 Å². The summed E-state index contributed by atoms with van der Waals surface area (Å²) < 4.78 is 45.9. The summed E-state index contributed by atoms with van der Waals surface area (Å²) in [6, 6.07) is 7.87. The molecular weight excluding hydrogens is 487 g/mol. The van der Waals surface area contributed by atoms with Crippen LogP contribution in [0.15, 0.2) is 61.3 Å². The third-order valence-electron chi connectivity index (χ3n) is 5.93. The van der Waals surface area contributed by atoms with E-state index in [0.29, 0.717) is 36.5 Å². The van der Waals surface area contributed by atoms with E-state index >= 15 is 0 Å². The highest BCUT2D eigenvalue weighted by Gasteiger charge is 2.31. The molecule has 4 aromatic rings. The average molecular weight is 509 g/mol. The van der Waals surface area contributed by atoms with Gasteiger partial charge in [-0.15, -0.1) is 5.10 Å². The van der Waals surface area contributed by atoms with Gasteiger partial charge in [-0.25, -0.2) is 4.68 Å². The number of carbonyl (C=O) groups excluding carboxylic acids is 1. The fourth-order valence-corrected chi connectivity index (χ4v) is 3.93. The van der Waals surface area contributed by atoms with Crippen LogP contribution in [0, 0.1) is 6.92 Å². The summed E-state index contributed by atoms with van der Waals surface area (Å²) in [5, 5.41) is 11.2. The van der Waals surface area contributed by atoms with Gasteiger partial charge >= 0.3 is 6.18 Å². The zero-order valence-electron chi connectivity index (χ0n) is 19.7. The summed E-state index contributed by atoms with van der Waals surface area (Å²) in [5.41, 5.74) is 3.09. The molecule has 0 bridgehead atoms. The molecule has 0 radical (unpaired) electrons. The second-order valence-corrected chi connectivity index (χ2v) is 8.50. The first-order chi connectivity index (χ1) is 17.8. The molecule has 1 aromatic carbocycles. The summed E-state index contributed by atoms with van der Waals surface area (Å²) in [4.78, 5) is 22.7. The molecule has 1 N–H and O–H groups in total. The highest BCUT2D eigenvalue weighted by Crippen LogP contribution is 2.29. The molecule has 0 aliphatic carbocycles. The van der Waals surface area contributed by atoms with Crippen LogP contribution in [-0.4, -0.2) is 57.2 Å². The van der Waals surface area contributed by atoms with Crippen LogP contribution in [0.25, 0.3) is 16.9 Å². The SMILES string of the molecule is Cc1ccc(NC(=O)c2cncc(C(F)(F)F)c2)cc1-n1cc(-c2cncc(N3CCOCC3)c2)nn1. The average Bonchev–Trinajstić information content (AvgIpc) is 3.40. The van der Waals surface area contributed by atoms with E-state index in [9.17, 15) is 18.0 Å². The Balaban J connectivity index is 1.37. The molecule has 4 heterocycles. The molecule has 37 heavy (non-hydrogen) atoms. The number of aromatic nitrogens is 5. The lowest BCUT2D eigenvalue weighted by Crippen LogP contribution is -2.36. The van der Waals surface area contributed by atoms with Crippen LogP contribution in [0.5, 0.6) is 0 Å². The molecule has 5 rings (SSSR count). The summed E-state index contributed by atoms with van der Waals surface area (Å²) in [6.07, 6.45) is 2.44. The van der Waals surface area contributed by atoms with E-state index in [1.54, 1.807) is 41.5 Å². The second kappa shape index (κ2) is 9.97. The Morgan fingerprint density at radius 2 is 1.81 bits per heavy atom. The molecule has 1 amide bonds. The van der Waals surface area contributed by atoms with Crippen molar-refractivity contribution in [3.8, 4) is 16.9 Å². The van der Waals surface area contributed by atoms with Crippen molar-refractivity contribution in [2.75, 3.05) is 36.5 Å². The monoisotopic (exact) mass is 509 g/mol. The minimum atomic E-state index is -4.59. The fraction of sp³-hybridized carbons (Fsp3) is 0.240. The van der Waals surface area contributed by atoms with Gasteiger partial charge < -0.3 is 15.0 Å².